The molecule has 0 aliphatic heterocycles. The molecule has 0 unspecified atom stereocenters. The van der Waals surface area contributed by atoms with Crippen LogP contribution in [0.5, 0.6) is 0 Å². The summed E-state index contributed by atoms with van der Waals surface area (Å²) in [5.41, 5.74) is 6.33. The second-order valence-electron chi connectivity index (χ2n) is 6.52. The Labute approximate surface area is 154 Å². The molecule has 1 aromatic heterocycles. The molecule has 0 bridgehead atoms. The highest BCUT2D eigenvalue weighted by Crippen LogP contribution is 2.22. The van der Waals surface area contributed by atoms with E-state index < -0.39 is 0 Å². The maximum Gasteiger partial charge on any atom is 0.228 e. The summed E-state index contributed by atoms with van der Waals surface area (Å²) >= 11 is 0. The number of anilines is 3. The predicted octanol–water partition coefficient (Wildman–Crippen LogP) is 4.93. The zero-order valence-corrected chi connectivity index (χ0v) is 15.3. The van der Waals surface area contributed by atoms with Crippen LogP contribution in [0.3, 0.4) is 0 Å². The lowest BCUT2D eigenvalue weighted by Crippen LogP contribution is -2.14. The topological polar surface area (TPSA) is 54.0 Å². The fraction of sp³-hybridized carbons (Fsp3) is 0.182. The maximum atomic E-state index is 12.2. The number of carbonyl (C=O) groups excluding carboxylic acids is 1. The first-order valence-corrected chi connectivity index (χ1v) is 8.66. The minimum Gasteiger partial charge on any atom is -0.340 e. The predicted molar refractivity (Wildman–Crippen MR) is 107 cm³/mol. The van der Waals surface area contributed by atoms with Gasteiger partial charge < -0.3 is 10.6 Å². The molecule has 1 heterocycles. The number of benzene rings is 2. The summed E-state index contributed by atoms with van der Waals surface area (Å²) in [4.78, 5) is 16.6. The number of nitrogens with zero attached hydrogens (tertiary/aromatic N) is 1. The molecule has 132 valence electrons. The van der Waals surface area contributed by atoms with Crippen molar-refractivity contribution in [2.45, 2.75) is 27.2 Å². The Hall–Kier alpha value is -3.14. The first-order valence-electron chi connectivity index (χ1n) is 8.66. The van der Waals surface area contributed by atoms with Crippen molar-refractivity contribution in [3.05, 3.63) is 83.0 Å². The number of hydrogen-bond donors (Lipinski definition) is 2. The largest absolute Gasteiger partial charge is 0.340 e. The van der Waals surface area contributed by atoms with Crippen molar-refractivity contribution >= 4 is 23.1 Å². The molecule has 0 aliphatic carbocycles. The van der Waals surface area contributed by atoms with E-state index in [1.807, 2.05) is 55.5 Å². The van der Waals surface area contributed by atoms with E-state index in [-0.39, 0.29) is 5.91 Å². The van der Waals surface area contributed by atoms with Gasteiger partial charge in [0.25, 0.3) is 0 Å². The third kappa shape index (κ3) is 4.48. The van der Waals surface area contributed by atoms with Crippen LogP contribution in [-0.4, -0.2) is 10.9 Å². The van der Waals surface area contributed by atoms with Crippen molar-refractivity contribution < 1.29 is 4.79 Å². The number of aryl methyl sites for hydroxylation is 2. The van der Waals surface area contributed by atoms with Gasteiger partial charge in [0.2, 0.25) is 5.91 Å². The van der Waals surface area contributed by atoms with Gasteiger partial charge in [-0.15, -0.1) is 0 Å². The molecule has 4 heteroatoms. The third-order valence-corrected chi connectivity index (χ3v) is 4.40. The number of nitrogens with one attached hydrogen (secondary N) is 2. The van der Waals surface area contributed by atoms with E-state index in [0.29, 0.717) is 12.1 Å². The quantitative estimate of drug-likeness (QED) is 0.689. The van der Waals surface area contributed by atoms with Crippen molar-refractivity contribution in [3.63, 3.8) is 0 Å². The third-order valence-electron chi connectivity index (χ3n) is 4.40. The van der Waals surface area contributed by atoms with E-state index in [2.05, 4.69) is 35.5 Å². The van der Waals surface area contributed by atoms with Gasteiger partial charge in [-0.2, -0.15) is 0 Å². The normalized spacial score (nSPS) is 10.4. The number of amides is 1. The van der Waals surface area contributed by atoms with E-state index >= 15 is 0 Å². The smallest absolute Gasteiger partial charge is 0.228 e. The van der Waals surface area contributed by atoms with Gasteiger partial charge in [0.1, 0.15) is 5.82 Å². The first kappa shape index (κ1) is 17.7. The Kier molecular flexibility index (Phi) is 5.32. The summed E-state index contributed by atoms with van der Waals surface area (Å²) in [7, 11) is 0. The monoisotopic (exact) mass is 345 g/mol. The second kappa shape index (κ2) is 7.83. The number of hydrogen-bond acceptors (Lipinski definition) is 3. The zero-order valence-electron chi connectivity index (χ0n) is 15.3. The molecular formula is C22H23N3O. The van der Waals surface area contributed by atoms with E-state index in [1.54, 1.807) is 6.20 Å². The van der Waals surface area contributed by atoms with E-state index in [1.165, 1.54) is 16.7 Å². The number of pyridine rings is 1. The second-order valence-corrected chi connectivity index (χ2v) is 6.52. The minimum absolute atomic E-state index is 0.0501. The SMILES string of the molecule is Cc1ccc(CC(=O)Nc2ccc(Nc3cccc(C)c3C)nc2)cc1. The van der Waals surface area contributed by atoms with Gasteiger partial charge >= 0.3 is 0 Å². The average Bonchev–Trinajstić information content (AvgIpc) is 2.62. The van der Waals surface area contributed by atoms with Crippen LogP contribution < -0.4 is 10.6 Å². The molecule has 0 fully saturated rings. The summed E-state index contributed by atoms with van der Waals surface area (Å²) in [5.74, 6) is 0.695. The van der Waals surface area contributed by atoms with E-state index in [9.17, 15) is 4.79 Å². The fourth-order valence-corrected chi connectivity index (χ4v) is 2.66. The Bertz CT molecular complexity index is 900. The Morgan fingerprint density at radius 2 is 1.73 bits per heavy atom. The van der Waals surface area contributed by atoms with Crippen molar-refractivity contribution in [1.29, 1.82) is 0 Å². The molecule has 0 radical (unpaired) electrons. The molecule has 0 aliphatic rings. The molecule has 26 heavy (non-hydrogen) atoms. The molecule has 3 rings (SSSR count). The lowest BCUT2D eigenvalue weighted by Gasteiger charge is -2.11. The highest BCUT2D eigenvalue weighted by atomic mass is 16.1. The maximum absolute atomic E-state index is 12.2. The van der Waals surface area contributed by atoms with Gasteiger partial charge in [0.05, 0.1) is 18.3 Å². The van der Waals surface area contributed by atoms with Gasteiger partial charge in [-0.3, -0.25) is 4.79 Å². The van der Waals surface area contributed by atoms with Crippen LogP contribution >= 0.6 is 0 Å². The van der Waals surface area contributed by atoms with Gasteiger partial charge in [-0.25, -0.2) is 4.98 Å². The molecule has 4 nitrogen and oxygen atoms in total. The summed E-state index contributed by atoms with van der Waals surface area (Å²) < 4.78 is 0. The molecule has 3 aromatic rings. The first-order chi connectivity index (χ1) is 12.5. The van der Waals surface area contributed by atoms with Crippen molar-refractivity contribution in [3.8, 4) is 0 Å². The van der Waals surface area contributed by atoms with Crippen LogP contribution in [0.25, 0.3) is 0 Å². The van der Waals surface area contributed by atoms with Crippen LogP contribution in [0.4, 0.5) is 17.2 Å². The molecule has 0 spiro atoms. The number of aromatic nitrogens is 1. The summed E-state index contributed by atoms with van der Waals surface area (Å²) in [6.07, 6.45) is 2.02. The summed E-state index contributed by atoms with van der Waals surface area (Å²) in [6, 6.07) is 17.8. The van der Waals surface area contributed by atoms with Crippen LogP contribution in [-0.2, 0) is 11.2 Å². The van der Waals surface area contributed by atoms with Gasteiger partial charge in [0.15, 0.2) is 0 Å². The Balaban J connectivity index is 1.61. The molecular weight excluding hydrogens is 322 g/mol. The summed E-state index contributed by atoms with van der Waals surface area (Å²) in [5, 5.41) is 6.20. The van der Waals surface area contributed by atoms with Crippen molar-refractivity contribution in [2.24, 2.45) is 0 Å². The Morgan fingerprint density at radius 1 is 0.962 bits per heavy atom. The molecule has 1 amide bonds. The number of carbonyl (C=O) groups is 1. The van der Waals surface area contributed by atoms with Crippen LogP contribution in [0.1, 0.15) is 22.3 Å². The van der Waals surface area contributed by atoms with Gasteiger partial charge in [-0.1, -0.05) is 42.0 Å². The van der Waals surface area contributed by atoms with Crippen LogP contribution in [0.2, 0.25) is 0 Å². The van der Waals surface area contributed by atoms with E-state index in [4.69, 9.17) is 0 Å². The standard InChI is InChI=1S/C22H23N3O/c1-15-7-9-18(10-8-15)13-22(26)24-19-11-12-21(23-14-19)25-20-6-4-5-16(2)17(20)3/h4-12,14H,13H2,1-3H3,(H,23,25)(H,24,26). The van der Waals surface area contributed by atoms with Crippen molar-refractivity contribution in [1.82, 2.24) is 4.98 Å². The number of rotatable bonds is 5. The van der Waals surface area contributed by atoms with E-state index in [0.717, 1.165) is 17.1 Å². The summed E-state index contributed by atoms with van der Waals surface area (Å²) in [6.45, 7) is 6.20. The molecule has 0 atom stereocenters. The molecule has 2 N–H and O–H groups in total. The van der Waals surface area contributed by atoms with Crippen molar-refractivity contribution in [2.75, 3.05) is 10.6 Å². The lowest BCUT2D eigenvalue weighted by molar-refractivity contribution is -0.115. The average molecular weight is 345 g/mol. The van der Waals surface area contributed by atoms with Gasteiger partial charge in [-0.05, 0) is 55.7 Å². The highest BCUT2D eigenvalue weighted by molar-refractivity contribution is 5.92. The minimum atomic E-state index is -0.0501. The van der Waals surface area contributed by atoms with Crippen LogP contribution in [0, 0.1) is 20.8 Å². The molecule has 0 saturated carbocycles. The zero-order chi connectivity index (χ0) is 18.5. The Morgan fingerprint density at radius 3 is 2.42 bits per heavy atom. The lowest BCUT2D eigenvalue weighted by atomic mass is 10.1. The van der Waals surface area contributed by atoms with Gasteiger partial charge in [0, 0.05) is 5.69 Å². The highest BCUT2D eigenvalue weighted by Gasteiger charge is 2.06. The molecule has 2 aromatic carbocycles. The van der Waals surface area contributed by atoms with Crippen LogP contribution in [0.15, 0.2) is 60.8 Å². The molecule has 0 saturated heterocycles. The fourth-order valence-electron chi connectivity index (χ4n) is 2.66.